The smallest absolute Gasteiger partial charge is 0.307 e. The lowest BCUT2D eigenvalue weighted by molar-refractivity contribution is 0.292. The average molecular weight is 384 g/mol. The molecule has 27 heavy (non-hydrogen) atoms. The van der Waals surface area contributed by atoms with Gasteiger partial charge in [-0.2, -0.15) is 0 Å². The first-order chi connectivity index (χ1) is 13.0. The van der Waals surface area contributed by atoms with E-state index >= 15 is 0 Å². The predicted octanol–water partition coefficient (Wildman–Crippen LogP) is 1.89. The number of fused-ring (bicyclic) bond motifs is 1. The maximum absolute atomic E-state index is 11.4. The Morgan fingerprint density at radius 3 is 2.63 bits per heavy atom. The van der Waals surface area contributed by atoms with Crippen molar-refractivity contribution in [3.05, 3.63) is 72.7 Å². The largest absolute Gasteiger partial charge is 0.494 e. The number of hydrogen-bond donors (Lipinski definition) is 3. The second kappa shape index (κ2) is 6.76. The Kier molecular flexibility index (Phi) is 4.28. The molecular formula is C18H16N4O4S. The van der Waals surface area contributed by atoms with Gasteiger partial charge in [-0.3, -0.25) is 14.6 Å². The van der Waals surface area contributed by atoms with E-state index in [4.69, 9.17) is 4.74 Å². The highest BCUT2D eigenvalue weighted by molar-refractivity contribution is 7.09. The van der Waals surface area contributed by atoms with Crippen LogP contribution in [0.15, 0.2) is 46.0 Å². The first-order valence-electron chi connectivity index (χ1n) is 8.17. The summed E-state index contributed by atoms with van der Waals surface area (Å²) < 4.78 is 7.58. The highest BCUT2D eigenvalue weighted by atomic mass is 32.1. The van der Waals surface area contributed by atoms with Gasteiger partial charge in [0.2, 0.25) is 11.4 Å². The minimum absolute atomic E-state index is 0.0785. The molecule has 8 nitrogen and oxygen atoms in total. The number of ether oxygens (including phenoxy) is 1. The Hall–Kier alpha value is -3.33. The molecule has 0 fully saturated rings. The van der Waals surface area contributed by atoms with Crippen molar-refractivity contribution in [1.29, 1.82) is 0 Å². The first-order valence-corrected chi connectivity index (χ1v) is 8.98. The number of hydrogen-bond acceptors (Lipinski definition) is 6. The number of thiazole rings is 1. The van der Waals surface area contributed by atoms with Crippen molar-refractivity contribution in [2.45, 2.75) is 13.0 Å². The number of aromatic amines is 2. The zero-order chi connectivity index (χ0) is 19.0. The summed E-state index contributed by atoms with van der Waals surface area (Å²) in [5.74, 6) is 1.29. The lowest BCUT2D eigenvalue weighted by Crippen LogP contribution is -2.07. The Morgan fingerprint density at radius 2 is 1.93 bits per heavy atom. The molecule has 3 aromatic heterocycles. The molecule has 9 heteroatoms. The lowest BCUT2D eigenvalue weighted by atomic mass is 10.1. The van der Waals surface area contributed by atoms with E-state index in [0.717, 1.165) is 16.9 Å². The molecule has 0 bridgehead atoms. The second-order valence-electron chi connectivity index (χ2n) is 6.04. The number of nitrogens with one attached hydrogen (secondary N) is 2. The highest BCUT2D eigenvalue weighted by Gasteiger charge is 2.10. The Labute approximate surface area is 156 Å². The molecule has 1 aromatic carbocycles. The first kappa shape index (κ1) is 17.1. The fourth-order valence-corrected chi connectivity index (χ4v) is 3.54. The van der Waals surface area contributed by atoms with Crippen molar-refractivity contribution in [3.63, 3.8) is 0 Å². The maximum atomic E-state index is 11.4. The molecule has 4 rings (SSSR count). The number of pyridine rings is 1. The Bertz CT molecular complexity index is 1220. The third-order valence-corrected chi connectivity index (χ3v) is 5.08. The summed E-state index contributed by atoms with van der Waals surface area (Å²) in [6.45, 7) is 0.257. The van der Waals surface area contributed by atoms with Gasteiger partial charge in [-0.05, 0) is 23.8 Å². The molecule has 0 saturated heterocycles. The Balaban J connectivity index is 1.46. The number of benzene rings is 1. The highest BCUT2D eigenvalue weighted by Crippen LogP contribution is 2.22. The molecule has 0 spiro atoms. The van der Waals surface area contributed by atoms with E-state index in [2.05, 4.69) is 15.0 Å². The van der Waals surface area contributed by atoms with E-state index in [9.17, 15) is 14.7 Å². The molecule has 0 radical (unpaired) electrons. The quantitative estimate of drug-likeness (QED) is 0.486. The van der Waals surface area contributed by atoms with Gasteiger partial charge in [0.05, 0.1) is 4.88 Å². The second-order valence-corrected chi connectivity index (χ2v) is 7.11. The fourth-order valence-electron chi connectivity index (χ4n) is 2.78. The molecule has 0 saturated carbocycles. The molecule has 0 amide bonds. The van der Waals surface area contributed by atoms with Crippen LogP contribution < -0.4 is 15.2 Å². The van der Waals surface area contributed by atoms with Crippen molar-refractivity contribution in [2.75, 3.05) is 0 Å². The maximum Gasteiger partial charge on any atom is 0.307 e. The summed E-state index contributed by atoms with van der Waals surface area (Å²) >= 11 is 0.997. The lowest BCUT2D eigenvalue weighted by Gasteiger charge is -2.07. The van der Waals surface area contributed by atoms with Crippen LogP contribution in [0.2, 0.25) is 0 Å². The van der Waals surface area contributed by atoms with Crippen LogP contribution in [0.5, 0.6) is 11.6 Å². The SMILES string of the molecule is Cn1c(COc2ccc(Cc3sc(=O)[nH]c3O)cc2)nc2ccc(=O)[nH]c21. The van der Waals surface area contributed by atoms with E-state index in [0.29, 0.717) is 34.0 Å². The summed E-state index contributed by atoms with van der Waals surface area (Å²) in [5, 5.41) is 9.66. The molecule has 138 valence electrons. The fraction of sp³-hybridized carbons (Fsp3) is 0.167. The van der Waals surface area contributed by atoms with E-state index in [1.807, 2.05) is 31.3 Å². The number of imidazole rings is 1. The van der Waals surface area contributed by atoms with Crippen LogP contribution in [-0.2, 0) is 20.1 Å². The van der Waals surface area contributed by atoms with Gasteiger partial charge < -0.3 is 19.4 Å². The van der Waals surface area contributed by atoms with Gasteiger partial charge in [0.25, 0.3) is 0 Å². The monoisotopic (exact) mass is 384 g/mol. The van der Waals surface area contributed by atoms with Crippen LogP contribution in [0.3, 0.4) is 0 Å². The van der Waals surface area contributed by atoms with Crippen molar-refractivity contribution >= 4 is 22.5 Å². The van der Waals surface area contributed by atoms with Crippen LogP contribution in [0, 0.1) is 0 Å². The molecular weight excluding hydrogens is 368 g/mol. The van der Waals surface area contributed by atoms with E-state index < -0.39 is 0 Å². The van der Waals surface area contributed by atoms with Gasteiger partial charge in [-0.25, -0.2) is 4.98 Å². The predicted molar refractivity (Wildman–Crippen MR) is 102 cm³/mol. The molecule has 0 aliphatic heterocycles. The molecule has 0 aliphatic rings. The molecule has 0 atom stereocenters. The number of H-pyrrole nitrogens is 2. The zero-order valence-corrected chi connectivity index (χ0v) is 15.2. The summed E-state index contributed by atoms with van der Waals surface area (Å²) in [4.78, 5) is 32.6. The third kappa shape index (κ3) is 3.49. The molecule has 3 heterocycles. The number of aromatic nitrogens is 4. The van der Waals surface area contributed by atoms with Gasteiger partial charge in [0.1, 0.15) is 29.3 Å². The average Bonchev–Trinajstić information content (AvgIpc) is 3.13. The van der Waals surface area contributed by atoms with Crippen LogP contribution in [0.25, 0.3) is 11.2 Å². The van der Waals surface area contributed by atoms with Gasteiger partial charge >= 0.3 is 4.87 Å². The normalized spacial score (nSPS) is 11.1. The van der Waals surface area contributed by atoms with Gasteiger partial charge in [-0.1, -0.05) is 23.5 Å². The summed E-state index contributed by atoms with van der Waals surface area (Å²) in [7, 11) is 1.82. The van der Waals surface area contributed by atoms with Crippen LogP contribution >= 0.6 is 11.3 Å². The third-order valence-electron chi connectivity index (χ3n) is 4.21. The van der Waals surface area contributed by atoms with E-state index in [1.54, 1.807) is 10.6 Å². The van der Waals surface area contributed by atoms with Crippen molar-refractivity contribution in [2.24, 2.45) is 7.05 Å². The minimum Gasteiger partial charge on any atom is -0.494 e. The standard InChI is InChI=1S/C18H16N4O4S/c1-22-14(19-12-6-7-15(23)20-16(12)22)9-26-11-4-2-10(3-5-11)8-13-17(24)21-18(25)27-13/h2-7,24H,8-9H2,1H3,(H,20,23)(H,21,25). The molecule has 0 aliphatic carbocycles. The zero-order valence-electron chi connectivity index (χ0n) is 14.4. The number of aromatic hydroxyl groups is 1. The van der Waals surface area contributed by atoms with Gasteiger partial charge in [0.15, 0.2) is 0 Å². The van der Waals surface area contributed by atoms with Crippen LogP contribution in [0.4, 0.5) is 0 Å². The van der Waals surface area contributed by atoms with Gasteiger partial charge in [-0.15, -0.1) is 0 Å². The van der Waals surface area contributed by atoms with E-state index in [-0.39, 0.29) is 22.9 Å². The molecule has 3 N–H and O–H groups in total. The number of rotatable bonds is 5. The topological polar surface area (TPSA) is 113 Å². The van der Waals surface area contributed by atoms with Crippen molar-refractivity contribution < 1.29 is 9.84 Å². The van der Waals surface area contributed by atoms with Crippen LogP contribution in [-0.4, -0.2) is 24.6 Å². The summed E-state index contributed by atoms with van der Waals surface area (Å²) in [6, 6.07) is 10.5. The minimum atomic E-state index is -0.272. The number of aryl methyl sites for hydroxylation is 1. The van der Waals surface area contributed by atoms with Crippen molar-refractivity contribution in [1.82, 2.24) is 19.5 Å². The summed E-state index contributed by atoms with van der Waals surface area (Å²) in [6.07, 6.45) is 0.466. The summed E-state index contributed by atoms with van der Waals surface area (Å²) in [5.41, 5.74) is 2.14. The number of nitrogens with zero attached hydrogens (tertiary/aromatic N) is 2. The Morgan fingerprint density at radius 1 is 1.15 bits per heavy atom. The molecule has 0 unspecified atom stereocenters. The van der Waals surface area contributed by atoms with Crippen LogP contribution in [0.1, 0.15) is 16.3 Å². The van der Waals surface area contributed by atoms with E-state index in [1.165, 1.54) is 6.07 Å². The van der Waals surface area contributed by atoms with Gasteiger partial charge in [0, 0.05) is 19.5 Å². The molecule has 4 aromatic rings. The van der Waals surface area contributed by atoms with Crippen molar-refractivity contribution in [3.8, 4) is 11.6 Å².